The number of quaternary nitrogens is 1. The molecule has 170 valence electrons. The van der Waals surface area contributed by atoms with Crippen LogP contribution in [0.3, 0.4) is 0 Å². The molecule has 3 N–H and O–H groups in total. The quantitative estimate of drug-likeness (QED) is 0.685. The zero-order valence-corrected chi connectivity index (χ0v) is 17.7. The number of carbonyl (C=O) groups is 2. The molecule has 0 aliphatic carbocycles. The van der Waals surface area contributed by atoms with Gasteiger partial charge in [0.15, 0.2) is 11.4 Å². The van der Waals surface area contributed by atoms with E-state index in [0.29, 0.717) is 24.7 Å². The van der Waals surface area contributed by atoms with Crippen molar-refractivity contribution in [3.63, 3.8) is 0 Å². The van der Waals surface area contributed by atoms with Crippen LogP contribution in [-0.4, -0.2) is 57.6 Å². The molecule has 0 aliphatic heterocycles. The maximum atomic E-state index is 13.0. The van der Waals surface area contributed by atoms with Crippen molar-refractivity contribution in [3.8, 4) is 5.69 Å². The standard InChI is InChI=1S/C20H25F3N4O4/c1-19(2,3)31-18(30)26(9-8-24-4)12-13-6-5-7-14(10-13)27-15(17(28)29)11-16(25-27)20(21,22)23/h5-7,10-11,24H,8-9,12H2,1-4H3,(H,28,29)/p+1. The second kappa shape index (κ2) is 9.38. The number of hydrogen-bond acceptors (Lipinski definition) is 4. The maximum Gasteiger partial charge on any atom is 0.435 e. The highest BCUT2D eigenvalue weighted by Crippen LogP contribution is 2.29. The fourth-order valence-corrected chi connectivity index (χ4v) is 2.72. The molecule has 31 heavy (non-hydrogen) atoms. The van der Waals surface area contributed by atoms with Gasteiger partial charge in [0.2, 0.25) is 0 Å². The molecule has 1 amide bonds. The third-order valence-corrected chi connectivity index (χ3v) is 4.09. The molecular formula is C20H26F3N4O4+. The van der Waals surface area contributed by atoms with E-state index in [1.165, 1.54) is 17.0 Å². The Morgan fingerprint density at radius 1 is 1.23 bits per heavy atom. The van der Waals surface area contributed by atoms with Gasteiger partial charge in [0.05, 0.1) is 25.8 Å². The Kier molecular flexibility index (Phi) is 7.32. The average molecular weight is 443 g/mol. The minimum atomic E-state index is -4.78. The SMILES string of the molecule is C[NH2+]CCN(Cc1cccc(-n2nc(C(F)(F)F)cc2C(=O)O)c1)C(=O)OC(C)(C)C. The summed E-state index contributed by atoms with van der Waals surface area (Å²) in [6, 6.07) is 6.67. The predicted molar refractivity (Wildman–Crippen MR) is 105 cm³/mol. The van der Waals surface area contributed by atoms with Crippen molar-refractivity contribution in [3.05, 3.63) is 47.3 Å². The number of amides is 1. The van der Waals surface area contributed by atoms with Crippen LogP contribution in [0.15, 0.2) is 30.3 Å². The van der Waals surface area contributed by atoms with Crippen molar-refractivity contribution in [1.82, 2.24) is 14.7 Å². The first-order valence-corrected chi connectivity index (χ1v) is 9.57. The maximum absolute atomic E-state index is 13.0. The van der Waals surface area contributed by atoms with Crippen LogP contribution in [-0.2, 0) is 17.5 Å². The molecule has 2 rings (SSSR count). The van der Waals surface area contributed by atoms with E-state index in [-0.39, 0.29) is 12.2 Å². The lowest BCUT2D eigenvalue weighted by Crippen LogP contribution is -2.81. The first-order chi connectivity index (χ1) is 14.3. The van der Waals surface area contributed by atoms with Crippen LogP contribution >= 0.6 is 0 Å². The predicted octanol–water partition coefficient (Wildman–Crippen LogP) is 2.52. The van der Waals surface area contributed by atoms with Gasteiger partial charge in [0.25, 0.3) is 0 Å². The first-order valence-electron chi connectivity index (χ1n) is 9.57. The molecule has 0 aliphatic rings. The molecule has 0 unspecified atom stereocenters. The van der Waals surface area contributed by atoms with E-state index < -0.39 is 35.2 Å². The van der Waals surface area contributed by atoms with E-state index in [2.05, 4.69) is 5.10 Å². The summed E-state index contributed by atoms with van der Waals surface area (Å²) in [6.07, 6.45) is -5.30. The molecule has 2 aromatic rings. The number of nitrogens with zero attached hydrogens (tertiary/aromatic N) is 3. The number of benzene rings is 1. The summed E-state index contributed by atoms with van der Waals surface area (Å²) in [4.78, 5) is 25.5. The minimum absolute atomic E-state index is 0.131. The van der Waals surface area contributed by atoms with Gasteiger partial charge in [-0.3, -0.25) is 4.90 Å². The molecule has 0 spiro atoms. The lowest BCUT2D eigenvalue weighted by atomic mass is 10.2. The Morgan fingerprint density at radius 3 is 2.45 bits per heavy atom. The number of aromatic carboxylic acids is 1. The monoisotopic (exact) mass is 443 g/mol. The molecule has 8 nitrogen and oxygen atoms in total. The van der Waals surface area contributed by atoms with Crippen LogP contribution in [0.4, 0.5) is 18.0 Å². The number of carboxylic acids is 1. The van der Waals surface area contributed by atoms with Crippen molar-refractivity contribution in [2.45, 2.75) is 39.1 Å². The molecule has 0 atom stereocenters. The van der Waals surface area contributed by atoms with Crippen molar-refractivity contribution in [1.29, 1.82) is 0 Å². The summed E-state index contributed by atoms with van der Waals surface area (Å²) >= 11 is 0. The first kappa shape index (κ1) is 24.2. The van der Waals surface area contributed by atoms with Gasteiger partial charge in [0.1, 0.15) is 5.60 Å². The molecule has 0 fully saturated rings. The van der Waals surface area contributed by atoms with Gasteiger partial charge in [-0.1, -0.05) is 12.1 Å². The number of halogens is 3. The Balaban J connectivity index is 2.37. The van der Waals surface area contributed by atoms with E-state index in [4.69, 9.17) is 4.74 Å². The number of carbonyl (C=O) groups excluding carboxylic acids is 1. The number of aromatic nitrogens is 2. The summed E-state index contributed by atoms with van der Waals surface area (Å²) in [6.45, 7) is 6.38. The zero-order chi connectivity index (χ0) is 23.4. The van der Waals surface area contributed by atoms with Gasteiger partial charge < -0.3 is 15.2 Å². The summed E-state index contributed by atoms with van der Waals surface area (Å²) in [5.74, 6) is -1.54. The third-order valence-electron chi connectivity index (χ3n) is 4.09. The van der Waals surface area contributed by atoms with Crippen LogP contribution in [0.1, 0.15) is 42.5 Å². The van der Waals surface area contributed by atoms with Gasteiger partial charge in [0, 0.05) is 12.6 Å². The van der Waals surface area contributed by atoms with Gasteiger partial charge in [-0.25, -0.2) is 14.3 Å². The lowest BCUT2D eigenvalue weighted by molar-refractivity contribution is -0.626. The van der Waals surface area contributed by atoms with Crippen molar-refractivity contribution >= 4 is 12.1 Å². The summed E-state index contributed by atoms with van der Waals surface area (Å²) in [5, 5.41) is 14.6. The number of hydrogen-bond donors (Lipinski definition) is 2. The molecule has 1 aromatic heterocycles. The fourth-order valence-electron chi connectivity index (χ4n) is 2.72. The Hall–Kier alpha value is -3.08. The van der Waals surface area contributed by atoms with Crippen LogP contribution in [0.5, 0.6) is 0 Å². The van der Waals surface area contributed by atoms with Gasteiger partial charge in [-0.05, 0) is 38.5 Å². The zero-order valence-electron chi connectivity index (χ0n) is 17.7. The normalized spacial score (nSPS) is 12.0. The Morgan fingerprint density at radius 2 is 1.90 bits per heavy atom. The van der Waals surface area contributed by atoms with Crippen LogP contribution in [0.2, 0.25) is 0 Å². The molecule has 1 aromatic carbocycles. The molecule has 1 heterocycles. The van der Waals surface area contributed by atoms with E-state index in [9.17, 15) is 27.9 Å². The third kappa shape index (κ3) is 6.71. The van der Waals surface area contributed by atoms with E-state index in [1.807, 2.05) is 12.4 Å². The lowest BCUT2D eigenvalue weighted by Gasteiger charge is -2.27. The van der Waals surface area contributed by atoms with Crippen LogP contribution in [0.25, 0.3) is 5.69 Å². The number of nitrogens with two attached hydrogens (primary N) is 1. The number of rotatable bonds is 7. The topological polar surface area (TPSA) is 101 Å². The van der Waals surface area contributed by atoms with Crippen molar-refractivity contribution in [2.75, 3.05) is 20.1 Å². The van der Waals surface area contributed by atoms with Gasteiger partial charge >= 0.3 is 18.2 Å². The fraction of sp³-hybridized carbons (Fsp3) is 0.450. The second-order valence-electron chi connectivity index (χ2n) is 7.90. The van der Waals surface area contributed by atoms with E-state index in [0.717, 1.165) is 4.68 Å². The smallest absolute Gasteiger partial charge is 0.435 e. The summed E-state index contributed by atoms with van der Waals surface area (Å²) in [7, 11) is 1.86. The van der Waals surface area contributed by atoms with Gasteiger partial charge in [-0.15, -0.1) is 0 Å². The molecular weight excluding hydrogens is 417 g/mol. The van der Waals surface area contributed by atoms with E-state index in [1.54, 1.807) is 32.9 Å². The number of likely N-dealkylation sites (N-methyl/N-ethyl adjacent to an activating group) is 1. The molecule has 0 saturated heterocycles. The van der Waals surface area contributed by atoms with Crippen LogP contribution in [0, 0.1) is 0 Å². The molecule has 0 bridgehead atoms. The number of carboxylic acid groups (broad SMARTS) is 1. The largest absolute Gasteiger partial charge is 0.477 e. The number of ether oxygens (including phenoxy) is 1. The molecule has 11 heteroatoms. The van der Waals surface area contributed by atoms with Crippen molar-refractivity contribution < 1.29 is 37.9 Å². The van der Waals surface area contributed by atoms with Crippen LogP contribution < -0.4 is 5.32 Å². The van der Waals surface area contributed by atoms with E-state index >= 15 is 0 Å². The molecule has 0 radical (unpaired) electrons. The summed E-state index contributed by atoms with van der Waals surface area (Å²) in [5.41, 5.74) is -1.89. The average Bonchev–Trinajstić information content (AvgIpc) is 3.10. The van der Waals surface area contributed by atoms with Gasteiger partial charge in [-0.2, -0.15) is 18.3 Å². The highest BCUT2D eigenvalue weighted by atomic mass is 19.4. The number of alkyl halides is 3. The summed E-state index contributed by atoms with van der Waals surface area (Å²) < 4.78 is 45.2. The highest BCUT2D eigenvalue weighted by molar-refractivity contribution is 5.86. The van der Waals surface area contributed by atoms with Crippen molar-refractivity contribution in [2.24, 2.45) is 0 Å². The second-order valence-corrected chi connectivity index (χ2v) is 7.90. The minimum Gasteiger partial charge on any atom is -0.477 e. The highest BCUT2D eigenvalue weighted by Gasteiger charge is 2.36. The Labute approximate surface area is 177 Å². The molecule has 0 saturated carbocycles. The Bertz CT molecular complexity index is 935.